The van der Waals surface area contributed by atoms with Gasteiger partial charge < -0.3 is 9.64 Å². The molecule has 2 aliphatic heterocycles. The number of piperidine rings is 1. The van der Waals surface area contributed by atoms with E-state index in [0.717, 1.165) is 51.0 Å². The van der Waals surface area contributed by atoms with Crippen LogP contribution in [0.15, 0.2) is 18.2 Å². The van der Waals surface area contributed by atoms with E-state index in [2.05, 4.69) is 11.8 Å². The topological polar surface area (TPSA) is 82.1 Å². The minimum atomic E-state index is -0.539. The Hall–Kier alpha value is -2.12. The number of ether oxygens (including phenoxy) is 1. The summed E-state index contributed by atoms with van der Waals surface area (Å²) in [6, 6.07) is 5.54. The Morgan fingerprint density at radius 1 is 1.40 bits per heavy atom. The van der Waals surface area contributed by atoms with Crippen LogP contribution in [0.1, 0.15) is 35.7 Å². The van der Waals surface area contributed by atoms with Gasteiger partial charge in [0.25, 0.3) is 5.91 Å². The summed E-state index contributed by atoms with van der Waals surface area (Å²) in [7, 11) is 0. The molecule has 0 aliphatic carbocycles. The van der Waals surface area contributed by atoms with Gasteiger partial charge >= 0.3 is 0 Å². The molecule has 1 atom stereocenters. The van der Waals surface area contributed by atoms with Crippen LogP contribution in [-0.4, -0.2) is 59.6 Å². The number of fused-ring (bicyclic) bond motifs is 1. The highest BCUT2D eigenvalue weighted by Gasteiger charge is 2.26. The SMILES string of the molecule is C[C@H]1COc2cc(C(=O)NO)ccc2CN1CC1CCN(C=O)CC1. The van der Waals surface area contributed by atoms with Crippen LogP contribution < -0.4 is 10.2 Å². The first-order valence-corrected chi connectivity index (χ1v) is 8.74. The molecule has 2 aliphatic rings. The van der Waals surface area contributed by atoms with Crippen molar-refractivity contribution in [2.24, 2.45) is 5.92 Å². The normalized spacial score (nSPS) is 21.8. The summed E-state index contributed by atoms with van der Waals surface area (Å²) < 4.78 is 5.89. The summed E-state index contributed by atoms with van der Waals surface area (Å²) in [5.74, 6) is 0.744. The second-order valence-corrected chi connectivity index (χ2v) is 6.94. The van der Waals surface area contributed by atoms with E-state index in [4.69, 9.17) is 9.94 Å². The monoisotopic (exact) mass is 347 g/mol. The van der Waals surface area contributed by atoms with Gasteiger partial charge in [-0.2, -0.15) is 0 Å². The van der Waals surface area contributed by atoms with E-state index in [-0.39, 0.29) is 6.04 Å². The van der Waals surface area contributed by atoms with Gasteiger partial charge in [0.2, 0.25) is 6.41 Å². The van der Waals surface area contributed by atoms with Gasteiger partial charge in [0, 0.05) is 43.3 Å². The van der Waals surface area contributed by atoms with Gasteiger partial charge in [-0.05, 0) is 37.8 Å². The molecule has 0 bridgehead atoms. The van der Waals surface area contributed by atoms with Crippen molar-refractivity contribution < 1.29 is 19.5 Å². The lowest BCUT2D eigenvalue weighted by molar-refractivity contribution is -0.119. The van der Waals surface area contributed by atoms with Crippen LogP contribution in [0.3, 0.4) is 0 Å². The minimum Gasteiger partial charge on any atom is -0.492 e. The van der Waals surface area contributed by atoms with Crippen LogP contribution in [-0.2, 0) is 11.3 Å². The van der Waals surface area contributed by atoms with Crippen molar-refractivity contribution in [1.82, 2.24) is 15.3 Å². The van der Waals surface area contributed by atoms with Gasteiger partial charge in [-0.3, -0.25) is 19.7 Å². The third-order valence-electron chi connectivity index (χ3n) is 5.20. The molecule has 1 saturated heterocycles. The van der Waals surface area contributed by atoms with Crippen molar-refractivity contribution in [2.45, 2.75) is 32.4 Å². The summed E-state index contributed by atoms with van der Waals surface area (Å²) in [6.45, 7) is 6.13. The van der Waals surface area contributed by atoms with Crippen LogP contribution in [0.4, 0.5) is 0 Å². The lowest BCUT2D eigenvalue weighted by Gasteiger charge is -2.34. The molecule has 7 nitrogen and oxygen atoms in total. The molecule has 2 N–H and O–H groups in total. The molecule has 0 aromatic heterocycles. The number of hydrogen-bond donors (Lipinski definition) is 2. The highest BCUT2D eigenvalue weighted by Crippen LogP contribution is 2.28. The Morgan fingerprint density at radius 2 is 2.16 bits per heavy atom. The molecule has 2 heterocycles. The number of likely N-dealkylation sites (tertiary alicyclic amines) is 1. The van der Waals surface area contributed by atoms with Crippen LogP contribution in [0.25, 0.3) is 0 Å². The Kier molecular flexibility index (Phi) is 5.55. The van der Waals surface area contributed by atoms with E-state index < -0.39 is 5.91 Å². The summed E-state index contributed by atoms with van der Waals surface area (Å²) in [5, 5.41) is 8.78. The minimum absolute atomic E-state index is 0.270. The van der Waals surface area contributed by atoms with E-state index in [1.165, 1.54) is 0 Å². The quantitative estimate of drug-likeness (QED) is 0.487. The van der Waals surface area contributed by atoms with Gasteiger partial charge in [0.15, 0.2) is 0 Å². The molecule has 3 rings (SSSR count). The van der Waals surface area contributed by atoms with Gasteiger partial charge in [0.1, 0.15) is 12.4 Å². The molecule has 25 heavy (non-hydrogen) atoms. The van der Waals surface area contributed by atoms with E-state index in [9.17, 15) is 9.59 Å². The molecule has 0 saturated carbocycles. The van der Waals surface area contributed by atoms with Crippen LogP contribution >= 0.6 is 0 Å². The van der Waals surface area contributed by atoms with E-state index in [1.807, 2.05) is 11.0 Å². The maximum atomic E-state index is 11.6. The fourth-order valence-corrected chi connectivity index (χ4v) is 3.53. The molecule has 2 amide bonds. The zero-order valence-electron chi connectivity index (χ0n) is 14.5. The van der Waals surface area contributed by atoms with E-state index >= 15 is 0 Å². The molecule has 0 radical (unpaired) electrons. The molecule has 136 valence electrons. The molecule has 0 unspecified atom stereocenters. The first-order chi connectivity index (χ1) is 12.1. The van der Waals surface area contributed by atoms with Crippen LogP contribution in [0.2, 0.25) is 0 Å². The number of amides is 2. The average Bonchev–Trinajstić information content (AvgIpc) is 2.80. The first-order valence-electron chi connectivity index (χ1n) is 8.74. The van der Waals surface area contributed by atoms with Crippen LogP contribution in [0.5, 0.6) is 5.75 Å². The molecule has 1 aromatic rings. The number of hydrogen-bond acceptors (Lipinski definition) is 5. The van der Waals surface area contributed by atoms with E-state index in [1.54, 1.807) is 17.6 Å². The maximum Gasteiger partial charge on any atom is 0.274 e. The van der Waals surface area contributed by atoms with E-state index in [0.29, 0.717) is 23.8 Å². The Bertz CT molecular complexity index is 629. The van der Waals surface area contributed by atoms with Crippen molar-refractivity contribution in [3.05, 3.63) is 29.3 Å². The number of carbonyl (C=O) groups excluding carboxylic acids is 2. The predicted molar refractivity (Wildman–Crippen MR) is 91.4 cm³/mol. The number of carbonyl (C=O) groups is 2. The van der Waals surface area contributed by atoms with Gasteiger partial charge in [-0.25, -0.2) is 5.48 Å². The molecule has 0 spiro atoms. The largest absolute Gasteiger partial charge is 0.492 e. The van der Waals surface area contributed by atoms with Crippen molar-refractivity contribution >= 4 is 12.3 Å². The van der Waals surface area contributed by atoms with Gasteiger partial charge in [-0.15, -0.1) is 0 Å². The lowest BCUT2D eigenvalue weighted by atomic mass is 9.95. The fourth-order valence-electron chi connectivity index (χ4n) is 3.53. The predicted octanol–water partition coefficient (Wildman–Crippen LogP) is 1.26. The number of benzene rings is 1. The Morgan fingerprint density at radius 3 is 2.84 bits per heavy atom. The molecular formula is C18H25N3O4. The van der Waals surface area contributed by atoms with Crippen molar-refractivity contribution in [2.75, 3.05) is 26.2 Å². The molecule has 1 aromatic carbocycles. The average molecular weight is 347 g/mol. The molecule has 7 heteroatoms. The zero-order valence-corrected chi connectivity index (χ0v) is 14.5. The second-order valence-electron chi connectivity index (χ2n) is 6.94. The molecule has 1 fully saturated rings. The van der Waals surface area contributed by atoms with Gasteiger partial charge in [0.05, 0.1) is 0 Å². The maximum absolute atomic E-state index is 11.6. The standard InChI is InChI=1S/C18H25N3O4/c1-13-11-25-17-8-15(18(23)19-24)2-3-16(17)10-21(13)9-14-4-6-20(12-22)7-5-14/h2-3,8,12-14,24H,4-7,9-11H2,1H3,(H,19,23)/t13-/m0/s1. The summed E-state index contributed by atoms with van der Waals surface area (Å²) >= 11 is 0. The third-order valence-corrected chi connectivity index (χ3v) is 5.20. The Labute approximate surface area is 147 Å². The third kappa shape index (κ3) is 4.11. The summed E-state index contributed by atoms with van der Waals surface area (Å²) in [4.78, 5) is 26.7. The Balaban J connectivity index is 1.68. The number of nitrogens with one attached hydrogen (secondary N) is 1. The fraction of sp³-hybridized carbons (Fsp3) is 0.556. The van der Waals surface area contributed by atoms with Crippen molar-refractivity contribution in [3.8, 4) is 5.75 Å². The van der Waals surface area contributed by atoms with Crippen LogP contribution in [0, 0.1) is 5.92 Å². The van der Waals surface area contributed by atoms with Gasteiger partial charge in [-0.1, -0.05) is 6.07 Å². The van der Waals surface area contributed by atoms with Crippen molar-refractivity contribution in [3.63, 3.8) is 0 Å². The first kappa shape index (κ1) is 17.7. The number of rotatable bonds is 4. The second kappa shape index (κ2) is 7.84. The smallest absolute Gasteiger partial charge is 0.274 e. The highest BCUT2D eigenvalue weighted by atomic mass is 16.5. The van der Waals surface area contributed by atoms with Crippen molar-refractivity contribution in [1.29, 1.82) is 0 Å². The summed E-state index contributed by atoms with van der Waals surface area (Å²) in [5.41, 5.74) is 3.07. The summed E-state index contributed by atoms with van der Waals surface area (Å²) in [6.07, 6.45) is 3.01. The molecular weight excluding hydrogens is 322 g/mol. The number of nitrogens with zero attached hydrogens (tertiary/aromatic N) is 2. The zero-order chi connectivity index (χ0) is 17.8. The highest BCUT2D eigenvalue weighted by molar-refractivity contribution is 5.93. The number of hydroxylamine groups is 1. The lowest BCUT2D eigenvalue weighted by Crippen LogP contribution is -2.42.